The van der Waals surface area contributed by atoms with Gasteiger partial charge in [-0.05, 0) is 95.0 Å². The van der Waals surface area contributed by atoms with Crippen LogP contribution in [0.5, 0.6) is 11.5 Å². The number of methoxy groups -OCH3 is 3. The van der Waals surface area contributed by atoms with Gasteiger partial charge in [0.1, 0.15) is 58.8 Å². The molecule has 2 fully saturated rings. The number of alkyl carbamates (subject to hydrolysis) is 1. The van der Waals surface area contributed by atoms with Crippen molar-refractivity contribution in [2.24, 2.45) is 17.6 Å². The monoisotopic (exact) mass is 1310 g/mol. The number of urea groups is 1. The van der Waals surface area contributed by atoms with Crippen LogP contribution in [0.3, 0.4) is 0 Å². The van der Waals surface area contributed by atoms with Gasteiger partial charge in [-0.25, -0.2) is 14.4 Å². The number of fused-ring (bicyclic) bond motifs is 5. The first-order chi connectivity index (χ1) is 41.6. The summed E-state index contributed by atoms with van der Waals surface area (Å²) in [7, 11) is 7.04. The number of allylic oxidation sites excluding steroid dienone is 3. The molecule has 484 valence electrons. The minimum absolute atomic E-state index is 0.00931. The number of nitrogens with two attached hydrogens (primary N) is 1. The van der Waals surface area contributed by atoms with Crippen LogP contribution >= 0.6 is 27.5 Å². The highest BCUT2D eigenvalue weighted by atomic mass is 79.9. The van der Waals surface area contributed by atoms with Crippen LogP contribution in [-0.4, -0.2) is 178 Å². The number of hydrogen-bond acceptors (Lipinski definition) is 17. The van der Waals surface area contributed by atoms with Crippen molar-refractivity contribution in [2.75, 3.05) is 64.1 Å². The number of alkyl halides is 1. The number of nitrogens with one attached hydrogen (secondary N) is 6. The van der Waals surface area contributed by atoms with E-state index in [2.05, 4.69) is 54.4 Å². The number of rotatable bonds is 26. The number of amides is 8. The van der Waals surface area contributed by atoms with Crippen molar-refractivity contribution in [1.29, 1.82) is 0 Å². The molecule has 27 heteroatoms. The topological polar surface area (TPSA) is 337 Å². The van der Waals surface area contributed by atoms with Crippen LogP contribution in [0.15, 0.2) is 66.3 Å². The van der Waals surface area contributed by atoms with Crippen LogP contribution < -0.4 is 52.0 Å². The van der Waals surface area contributed by atoms with Gasteiger partial charge in [-0.3, -0.25) is 34.6 Å². The number of anilines is 2. The van der Waals surface area contributed by atoms with Crippen LogP contribution in [0.1, 0.15) is 102 Å². The highest BCUT2D eigenvalue weighted by Crippen LogP contribution is 2.49. The molecule has 8 amide bonds. The summed E-state index contributed by atoms with van der Waals surface area (Å²) in [6.07, 6.45) is 2.35. The van der Waals surface area contributed by atoms with Crippen molar-refractivity contribution >= 4 is 92.8 Å². The lowest BCUT2D eigenvalue weighted by Gasteiger charge is -2.42. The molecule has 4 bridgehead atoms. The highest BCUT2D eigenvalue weighted by Gasteiger charge is 2.64. The molecule has 3 heterocycles. The number of hydrogen-bond donors (Lipinski definition) is 8. The second kappa shape index (κ2) is 32.4. The summed E-state index contributed by atoms with van der Waals surface area (Å²) < 4.78 is 35.3. The van der Waals surface area contributed by atoms with Gasteiger partial charge in [0.2, 0.25) is 23.6 Å². The molecule has 25 nitrogen and oxygen atoms in total. The molecular weight excluding hydrogens is 1230 g/mol. The Morgan fingerprint density at radius 1 is 1.01 bits per heavy atom. The number of halogens is 2. The van der Waals surface area contributed by atoms with Crippen LogP contribution in [0.25, 0.3) is 0 Å². The maximum atomic E-state index is 14.6. The number of esters is 1. The molecule has 0 aliphatic carbocycles. The smallest absolute Gasteiger partial charge is 0.409 e. The maximum absolute atomic E-state index is 14.6. The average molecular weight is 1320 g/mol. The van der Waals surface area contributed by atoms with E-state index in [1.54, 1.807) is 52.0 Å². The molecule has 1 unspecified atom stereocenters. The second-order valence-electron chi connectivity index (χ2n) is 22.8. The number of carbonyl (C=O) groups is 9. The molecule has 0 spiro atoms. The first-order valence-corrected chi connectivity index (χ1v) is 30.5. The molecule has 2 aromatic rings. The maximum Gasteiger partial charge on any atom is 0.409 e. The lowest BCUT2D eigenvalue weighted by Crippen LogP contribution is -2.63. The number of epoxide rings is 1. The largest absolute Gasteiger partial charge is 0.496 e. The van der Waals surface area contributed by atoms with Gasteiger partial charge in [-0.1, -0.05) is 78.7 Å². The Labute approximate surface area is 527 Å². The van der Waals surface area contributed by atoms with Gasteiger partial charge in [0.05, 0.1) is 50.1 Å². The van der Waals surface area contributed by atoms with Crippen molar-refractivity contribution in [3.63, 3.8) is 0 Å². The van der Waals surface area contributed by atoms with E-state index >= 15 is 0 Å². The fourth-order valence-corrected chi connectivity index (χ4v) is 11.0. The van der Waals surface area contributed by atoms with Crippen LogP contribution in [0.2, 0.25) is 5.02 Å². The fraction of sp³-hybridized carbons (Fsp3) is 0.557. The van der Waals surface area contributed by atoms with E-state index in [0.29, 0.717) is 60.9 Å². The molecule has 0 aromatic heterocycles. The second-order valence-corrected chi connectivity index (χ2v) is 23.8. The first kappa shape index (κ1) is 71.7. The SMILES string of the molecule is C=C(CBr)C(=O)NCCCCC(C=O)N[C@H](C(=O)N[C@@H](CCCNC(N)=O)C(=O)Nc1ccc(C(=O)N(C)[C@@H](C)C(=O)O[C@H]2CC(=O)N(C)c3cc(cc(OC)c3Cl)C/C(C)=C/C=C/[C@@H](OC)[C@@]3(O)C[C@H](OC(=O)N3)[C@@H](C)[C@@H]3O[C@@]23C)c(OC)c1)C(C)C. The summed E-state index contributed by atoms with van der Waals surface area (Å²) in [5.74, 6) is -4.39. The van der Waals surface area contributed by atoms with Crippen LogP contribution in [0, 0.1) is 11.8 Å². The van der Waals surface area contributed by atoms with E-state index in [9.17, 15) is 48.3 Å². The zero-order valence-electron chi connectivity index (χ0n) is 51.8. The van der Waals surface area contributed by atoms with Gasteiger partial charge >= 0.3 is 18.1 Å². The van der Waals surface area contributed by atoms with Crippen molar-refractivity contribution in [3.05, 3.63) is 82.4 Å². The Morgan fingerprint density at radius 3 is 2.34 bits per heavy atom. The highest BCUT2D eigenvalue weighted by molar-refractivity contribution is 9.09. The quantitative estimate of drug-likeness (QED) is 0.0151. The van der Waals surface area contributed by atoms with Crippen LogP contribution in [-0.2, 0) is 54.1 Å². The van der Waals surface area contributed by atoms with Gasteiger partial charge in [0.15, 0.2) is 5.72 Å². The Bertz CT molecular complexity index is 2970. The lowest BCUT2D eigenvalue weighted by molar-refractivity contribution is -0.158. The van der Waals surface area contributed by atoms with Gasteiger partial charge in [-0.15, -0.1) is 0 Å². The zero-order valence-corrected chi connectivity index (χ0v) is 54.1. The van der Waals surface area contributed by atoms with Crippen LogP contribution in [0.4, 0.5) is 21.0 Å². The molecule has 3 aliphatic heterocycles. The average Bonchev–Trinajstić information content (AvgIpc) is 2.30. The van der Waals surface area contributed by atoms with Gasteiger partial charge in [0, 0.05) is 69.3 Å². The Balaban J connectivity index is 1.36. The number of benzene rings is 2. The molecule has 2 saturated heterocycles. The molecule has 3 aliphatic rings. The lowest BCUT2D eigenvalue weighted by atomic mass is 9.83. The number of likely N-dealkylation sites (N-methyl/N-ethyl adjacent to an activating group) is 1. The fourth-order valence-electron chi connectivity index (χ4n) is 10.5. The van der Waals surface area contributed by atoms with Crippen molar-refractivity contribution in [2.45, 2.75) is 153 Å². The van der Waals surface area contributed by atoms with E-state index in [-0.39, 0.29) is 59.7 Å². The minimum Gasteiger partial charge on any atom is -0.496 e. The van der Waals surface area contributed by atoms with Gasteiger partial charge in [0.25, 0.3) is 5.91 Å². The number of unbranched alkanes of at least 4 members (excludes halogenated alkanes) is 1. The zero-order chi connectivity index (χ0) is 65.4. The number of nitrogens with zero attached hydrogens (tertiary/aromatic N) is 2. The number of carbonyl (C=O) groups excluding carboxylic acids is 9. The van der Waals surface area contributed by atoms with E-state index in [4.69, 9.17) is 45.8 Å². The summed E-state index contributed by atoms with van der Waals surface area (Å²) in [4.78, 5) is 123. The summed E-state index contributed by atoms with van der Waals surface area (Å²) in [5.41, 5.74) is 4.39. The molecule has 5 rings (SSSR count). The number of primary amides is 1. The standard InChI is InChI=1S/C61H85BrClN9O16/c1-33(2)51(67-40(32-73)18-13-14-23-65-53(75)35(4)31-62)55(77)69-42(19-16-24-66-58(64)80)54(76)68-39-21-22-41(44(28-39)83-10)56(78)71(8)37(6)57(79)87-48-29-49(74)72(9)43-26-38(27-45(84-11)50(43)63)25-34(3)17-15-20-47(85-12)61(82)30-46(86-59(81)70-61)36(5)52-60(48,7)88-52/h15,17,20-22,26-28,32-33,36-37,40,42,46-48,51-52,67,82H,4,13-14,16,18-19,23-25,29-31H2,1-3,5-12H3,(H,65,75)(H,68,76)(H,69,77)(H,70,81)(H3,64,66,80)/b20-15+,34-17+/t36-,37+,40?,42+,46+,47-,48+,51+,52+,60+,61+/m1/s1. The van der Waals surface area contributed by atoms with E-state index in [1.165, 1.54) is 65.4 Å². The van der Waals surface area contributed by atoms with E-state index in [0.717, 1.165) is 16.0 Å². The predicted octanol–water partition coefficient (Wildman–Crippen LogP) is 5.13. The number of aliphatic hydroxyl groups is 1. The summed E-state index contributed by atoms with van der Waals surface area (Å²) in [6.45, 7) is 14.4. The minimum atomic E-state index is -1.92. The molecular formula is C61H85BrClN9O16. The molecule has 11 atom stereocenters. The molecule has 88 heavy (non-hydrogen) atoms. The summed E-state index contributed by atoms with van der Waals surface area (Å²) in [5, 5.41) is 28.8. The third-order valence-corrected chi connectivity index (χ3v) is 17.0. The molecule has 2 aromatic carbocycles. The van der Waals surface area contributed by atoms with Crippen molar-refractivity contribution in [1.82, 2.24) is 31.5 Å². The molecule has 0 radical (unpaired) electrons. The Morgan fingerprint density at radius 2 is 1.70 bits per heavy atom. The van der Waals surface area contributed by atoms with Gasteiger partial charge in [-0.2, -0.15) is 0 Å². The Hall–Kier alpha value is -7.10. The Kier molecular flexibility index (Phi) is 26.4. The first-order valence-electron chi connectivity index (χ1n) is 29.0. The summed E-state index contributed by atoms with van der Waals surface area (Å²) >= 11 is 10.1. The van der Waals surface area contributed by atoms with E-state index in [1.807, 2.05) is 13.0 Å². The molecule has 9 N–H and O–H groups in total. The normalized spacial score (nSPS) is 24.2. The van der Waals surface area contributed by atoms with Crippen molar-refractivity contribution < 1.29 is 76.7 Å². The summed E-state index contributed by atoms with van der Waals surface area (Å²) in [6, 6.07) is 2.76. The predicted molar refractivity (Wildman–Crippen MR) is 332 cm³/mol. The van der Waals surface area contributed by atoms with Crippen molar-refractivity contribution in [3.8, 4) is 11.5 Å². The number of aldehydes is 1. The molecule has 0 saturated carbocycles. The number of ether oxygens (including phenoxy) is 6. The van der Waals surface area contributed by atoms with E-state index < -0.39 is 114 Å². The third kappa shape index (κ3) is 18.7. The van der Waals surface area contributed by atoms with Gasteiger partial charge < -0.3 is 75.1 Å². The third-order valence-electron chi connectivity index (χ3n) is 16.0.